The molecular weight excluding hydrogens is 292 g/mol. The molecule has 0 spiro atoms. The van der Waals surface area contributed by atoms with E-state index < -0.39 is 5.60 Å². The van der Waals surface area contributed by atoms with Gasteiger partial charge in [0.15, 0.2) is 0 Å². The van der Waals surface area contributed by atoms with Crippen LogP contribution in [0.4, 0.5) is 0 Å². The van der Waals surface area contributed by atoms with Gasteiger partial charge in [-0.1, -0.05) is 12.1 Å². The molecule has 1 amide bonds. The highest BCUT2D eigenvalue weighted by atomic mass is 16.5. The first-order chi connectivity index (χ1) is 11.1. The minimum Gasteiger partial charge on any atom is -0.497 e. The lowest BCUT2D eigenvalue weighted by atomic mass is 9.90. The van der Waals surface area contributed by atoms with E-state index in [0.717, 1.165) is 51.1 Å². The number of hydrogen-bond donors (Lipinski definition) is 1. The minimum absolute atomic E-state index is 0.108. The summed E-state index contributed by atoms with van der Waals surface area (Å²) in [6, 6.07) is 8.09. The number of benzene rings is 1. The number of likely N-dealkylation sites (N-methyl/N-ethyl adjacent to an activating group) is 1. The second-order valence-corrected chi connectivity index (χ2v) is 6.13. The maximum absolute atomic E-state index is 12.7. The summed E-state index contributed by atoms with van der Waals surface area (Å²) in [6.07, 6.45) is 3.37. The molecule has 0 aliphatic carbocycles. The Kier molecular flexibility index (Phi) is 6.42. The number of nitrogens with one attached hydrogen (secondary N) is 1. The van der Waals surface area contributed by atoms with Crippen LogP contribution in [0.5, 0.6) is 5.75 Å². The monoisotopic (exact) mass is 320 g/mol. The van der Waals surface area contributed by atoms with Gasteiger partial charge >= 0.3 is 0 Å². The Morgan fingerprint density at radius 1 is 1.22 bits per heavy atom. The van der Waals surface area contributed by atoms with E-state index in [1.54, 1.807) is 14.2 Å². The van der Waals surface area contributed by atoms with E-state index in [1.165, 1.54) is 5.56 Å². The van der Waals surface area contributed by atoms with Crippen LogP contribution in [0.2, 0.25) is 0 Å². The normalized spacial score (nSPS) is 16.8. The van der Waals surface area contributed by atoms with Crippen molar-refractivity contribution in [1.82, 2.24) is 10.2 Å². The molecule has 1 aromatic carbocycles. The molecule has 0 saturated carbocycles. The van der Waals surface area contributed by atoms with E-state index in [1.807, 2.05) is 24.1 Å². The molecule has 5 nitrogen and oxygen atoms in total. The molecule has 5 heteroatoms. The van der Waals surface area contributed by atoms with E-state index in [0.29, 0.717) is 0 Å². The SMILES string of the molecule is COc1ccc(CCCN(C)C(=O)C2(OC)CCNCC2)cc1. The van der Waals surface area contributed by atoms with E-state index >= 15 is 0 Å². The van der Waals surface area contributed by atoms with Crippen molar-refractivity contribution in [3.63, 3.8) is 0 Å². The fourth-order valence-corrected chi connectivity index (χ4v) is 3.10. The van der Waals surface area contributed by atoms with Gasteiger partial charge in [0.2, 0.25) is 0 Å². The molecule has 1 heterocycles. The summed E-state index contributed by atoms with van der Waals surface area (Å²) in [5.74, 6) is 0.977. The smallest absolute Gasteiger partial charge is 0.254 e. The third kappa shape index (κ3) is 4.45. The quantitative estimate of drug-likeness (QED) is 0.833. The Hall–Kier alpha value is -1.59. The summed E-state index contributed by atoms with van der Waals surface area (Å²) in [6.45, 7) is 2.40. The summed E-state index contributed by atoms with van der Waals surface area (Å²) in [7, 11) is 5.19. The Bertz CT molecular complexity index is 495. The second-order valence-electron chi connectivity index (χ2n) is 6.13. The molecule has 2 rings (SSSR count). The molecule has 1 N–H and O–H groups in total. The number of piperidine rings is 1. The van der Waals surface area contributed by atoms with Crippen molar-refractivity contribution >= 4 is 5.91 Å². The van der Waals surface area contributed by atoms with Gasteiger partial charge in [-0.15, -0.1) is 0 Å². The summed E-state index contributed by atoms with van der Waals surface area (Å²) in [5, 5.41) is 3.28. The van der Waals surface area contributed by atoms with Crippen molar-refractivity contribution in [2.24, 2.45) is 0 Å². The Balaban J connectivity index is 1.83. The predicted molar refractivity (Wildman–Crippen MR) is 90.8 cm³/mol. The third-order valence-corrected chi connectivity index (χ3v) is 4.66. The van der Waals surface area contributed by atoms with Gasteiger partial charge in [0.1, 0.15) is 11.4 Å². The van der Waals surface area contributed by atoms with Gasteiger partial charge in [0.25, 0.3) is 5.91 Å². The first-order valence-electron chi connectivity index (χ1n) is 8.26. The molecule has 1 saturated heterocycles. The van der Waals surface area contributed by atoms with Crippen molar-refractivity contribution in [3.05, 3.63) is 29.8 Å². The van der Waals surface area contributed by atoms with Crippen LogP contribution in [0.3, 0.4) is 0 Å². The fraction of sp³-hybridized carbons (Fsp3) is 0.611. The number of amides is 1. The summed E-state index contributed by atoms with van der Waals surface area (Å²) < 4.78 is 10.8. The van der Waals surface area contributed by atoms with Crippen LogP contribution < -0.4 is 10.1 Å². The zero-order valence-corrected chi connectivity index (χ0v) is 14.4. The van der Waals surface area contributed by atoms with Crippen LogP contribution in [-0.2, 0) is 16.0 Å². The molecule has 1 aliphatic heterocycles. The van der Waals surface area contributed by atoms with E-state index in [4.69, 9.17) is 9.47 Å². The van der Waals surface area contributed by atoms with Crippen LogP contribution in [0.25, 0.3) is 0 Å². The molecular formula is C18H28N2O3. The van der Waals surface area contributed by atoms with Gasteiger partial charge in [-0.25, -0.2) is 0 Å². The largest absolute Gasteiger partial charge is 0.497 e. The zero-order valence-electron chi connectivity index (χ0n) is 14.4. The molecule has 1 aromatic rings. The third-order valence-electron chi connectivity index (χ3n) is 4.66. The van der Waals surface area contributed by atoms with E-state index in [-0.39, 0.29) is 5.91 Å². The lowest BCUT2D eigenvalue weighted by Gasteiger charge is -2.37. The summed E-state index contributed by atoms with van der Waals surface area (Å²) in [4.78, 5) is 14.6. The topological polar surface area (TPSA) is 50.8 Å². The lowest BCUT2D eigenvalue weighted by Crippen LogP contribution is -2.54. The van der Waals surface area contributed by atoms with Gasteiger partial charge in [0, 0.05) is 20.7 Å². The molecule has 128 valence electrons. The van der Waals surface area contributed by atoms with Gasteiger partial charge < -0.3 is 19.7 Å². The Morgan fingerprint density at radius 3 is 2.43 bits per heavy atom. The minimum atomic E-state index is -0.639. The number of nitrogens with zero attached hydrogens (tertiary/aromatic N) is 1. The van der Waals surface area contributed by atoms with Crippen molar-refractivity contribution in [3.8, 4) is 5.75 Å². The maximum Gasteiger partial charge on any atom is 0.254 e. The predicted octanol–water partition coefficient (Wildman–Crippen LogP) is 1.85. The fourth-order valence-electron chi connectivity index (χ4n) is 3.10. The second kappa shape index (κ2) is 8.31. The van der Waals surface area contributed by atoms with Crippen molar-refractivity contribution in [2.45, 2.75) is 31.3 Å². The van der Waals surface area contributed by atoms with Crippen LogP contribution in [0.15, 0.2) is 24.3 Å². The molecule has 0 bridgehead atoms. The number of ether oxygens (including phenoxy) is 2. The molecule has 1 aliphatic rings. The number of hydrogen-bond acceptors (Lipinski definition) is 4. The average Bonchev–Trinajstić information content (AvgIpc) is 2.62. The Morgan fingerprint density at radius 2 is 1.87 bits per heavy atom. The molecule has 0 aromatic heterocycles. The highest BCUT2D eigenvalue weighted by Crippen LogP contribution is 2.25. The molecule has 0 atom stereocenters. The Labute approximate surface area is 139 Å². The maximum atomic E-state index is 12.7. The number of aryl methyl sites for hydroxylation is 1. The molecule has 1 fully saturated rings. The molecule has 23 heavy (non-hydrogen) atoms. The average molecular weight is 320 g/mol. The van der Waals surface area contributed by atoms with Gasteiger partial charge in [0.05, 0.1) is 7.11 Å². The van der Waals surface area contributed by atoms with Gasteiger partial charge in [-0.2, -0.15) is 0 Å². The van der Waals surface area contributed by atoms with E-state index in [9.17, 15) is 4.79 Å². The number of methoxy groups -OCH3 is 2. The highest BCUT2D eigenvalue weighted by molar-refractivity contribution is 5.85. The number of carbonyl (C=O) groups is 1. The van der Waals surface area contributed by atoms with Gasteiger partial charge in [-0.05, 0) is 56.5 Å². The van der Waals surface area contributed by atoms with Crippen molar-refractivity contribution in [2.75, 3.05) is 40.9 Å². The number of carbonyl (C=O) groups excluding carboxylic acids is 1. The summed E-state index contributed by atoms with van der Waals surface area (Å²) >= 11 is 0. The van der Waals surface area contributed by atoms with Crippen LogP contribution in [-0.4, -0.2) is 57.3 Å². The summed E-state index contributed by atoms with van der Waals surface area (Å²) in [5.41, 5.74) is 0.620. The van der Waals surface area contributed by atoms with E-state index in [2.05, 4.69) is 17.4 Å². The first-order valence-corrected chi connectivity index (χ1v) is 8.26. The highest BCUT2D eigenvalue weighted by Gasteiger charge is 2.41. The molecule has 0 unspecified atom stereocenters. The lowest BCUT2D eigenvalue weighted by molar-refractivity contribution is -0.157. The van der Waals surface area contributed by atoms with Crippen LogP contribution in [0, 0.1) is 0 Å². The van der Waals surface area contributed by atoms with Crippen LogP contribution >= 0.6 is 0 Å². The van der Waals surface area contributed by atoms with Crippen molar-refractivity contribution in [1.29, 1.82) is 0 Å². The van der Waals surface area contributed by atoms with Crippen molar-refractivity contribution < 1.29 is 14.3 Å². The zero-order chi connectivity index (χ0) is 16.7. The molecule has 0 radical (unpaired) electrons. The number of rotatable bonds is 7. The van der Waals surface area contributed by atoms with Crippen LogP contribution in [0.1, 0.15) is 24.8 Å². The van der Waals surface area contributed by atoms with Gasteiger partial charge in [-0.3, -0.25) is 4.79 Å². The standard InChI is InChI=1S/C18H28N2O3/c1-20(17(21)18(23-3)10-12-19-13-11-18)14-4-5-15-6-8-16(22-2)9-7-15/h6-9,19H,4-5,10-14H2,1-3H3. The first kappa shape index (κ1) is 17.8.